The van der Waals surface area contributed by atoms with E-state index in [-0.39, 0.29) is 5.97 Å². The molecule has 0 bridgehead atoms. The summed E-state index contributed by atoms with van der Waals surface area (Å²) in [5, 5.41) is 1.28. The van der Waals surface area contributed by atoms with Gasteiger partial charge in [0.15, 0.2) is 0 Å². The Morgan fingerprint density at radius 3 is 2.45 bits per heavy atom. The average Bonchev–Trinajstić information content (AvgIpc) is 2.97. The number of hydrogen-bond donors (Lipinski definition) is 0. The zero-order valence-corrected chi connectivity index (χ0v) is 18.8. The number of nitrogens with zero attached hydrogens (tertiary/aromatic N) is 2. The molecule has 2 aromatic carbocycles. The number of fused-ring (bicyclic) bond motifs is 1. The molecule has 0 amide bonds. The van der Waals surface area contributed by atoms with Crippen molar-refractivity contribution in [2.24, 2.45) is 5.92 Å². The van der Waals surface area contributed by atoms with Crippen LogP contribution in [0.5, 0.6) is 0 Å². The quantitative estimate of drug-likeness (QED) is 0.502. The van der Waals surface area contributed by atoms with Crippen molar-refractivity contribution >= 4 is 16.9 Å². The lowest BCUT2D eigenvalue weighted by Crippen LogP contribution is -2.52. The van der Waals surface area contributed by atoms with Gasteiger partial charge in [0.25, 0.3) is 0 Å². The first-order chi connectivity index (χ1) is 14.7. The van der Waals surface area contributed by atoms with Crippen LogP contribution in [-0.4, -0.2) is 47.8 Å². The van der Waals surface area contributed by atoms with Gasteiger partial charge in [-0.25, -0.2) is 9.18 Å². The lowest BCUT2D eigenvalue weighted by atomic mass is 9.97. The summed E-state index contributed by atoms with van der Waals surface area (Å²) in [6.07, 6.45) is 0.813. The lowest BCUT2D eigenvalue weighted by Gasteiger charge is -2.41. The zero-order valence-electron chi connectivity index (χ0n) is 18.8. The minimum Gasteiger partial charge on any atom is -0.465 e. The second-order valence-corrected chi connectivity index (χ2v) is 9.34. The van der Waals surface area contributed by atoms with E-state index in [0.717, 1.165) is 26.1 Å². The summed E-state index contributed by atoms with van der Waals surface area (Å²) in [5.41, 5.74) is 4.45. The summed E-state index contributed by atoms with van der Waals surface area (Å²) in [7, 11) is 1.40. The van der Waals surface area contributed by atoms with Crippen LogP contribution in [0.2, 0.25) is 0 Å². The largest absolute Gasteiger partial charge is 0.465 e. The number of carbonyl (C=O) groups excluding carboxylic acids is 1. The first-order valence-electron chi connectivity index (χ1n) is 10.9. The number of ether oxygens (including phenoxy) is 1. The van der Waals surface area contributed by atoms with Crippen LogP contribution < -0.4 is 0 Å². The normalized spacial score (nSPS) is 15.3. The van der Waals surface area contributed by atoms with E-state index in [2.05, 4.69) is 40.7 Å². The van der Waals surface area contributed by atoms with Crippen molar-refractivity contribution < 1.29 is 13.9 Å². The van der Waals surface area contributed by atoms with E-state index in [1.807, 2.05) is 24.3 Å². The van der Waals surface area contributed by atoms with E-state index in [1.54, 1.807) is 13.8 Å². The molecule has 0 spiro atoms. The Bertz CT molecular complexity index is 1070. The molecule has 31 heavy (non-hydrogen) atoms. The molecule has 0 N–H and O–H groups in total. The SMILES string of the molecule is COC(=O)c1ccc(Cc2c(C)n(CC3CN(CC(C)(C)F)C3)c3ccccc23)cc1. The molecule has 1 fully saturated rings. The molecular weight excluding hydrogens is 391 g/mol. The van der Waals surface area contributed by atoms with E-state index in [0.29, 0.717) is 18.0 Å². The van der Waals surface area contributed by atoms with Crippen molar-refractivity contribution in [1.82, 2.24) is 9.47 Å². The number of carbonyl (C=O) groups is 1. The Kier molecular flexibility index (Phi) is 5.89. The third-order valence-electron chi connectivity index (χ3n) is 6.19. The maximum Gasteiger partial charge on any atom is 0.337 e. The average molecular weight is 423 g/mol. The summed E-state index contributed by atoms with van der Waals surface area (Å²) in [4.78, 5) is 13.9. The van der Waals surface area contributed by atoms with Gasteiger partial charge >= 0.3 is 5.97 Å². The minimum absolute atomic E-state index is 0.315. The summed E-state index contributed by atoms with van der Waals surface area (Å²) in [6.45, 7) is 8.84. The number of para-hydroxylation sites is 1. The smallest absolute Gasteiger partial charge is 0.337 e. The van der Waals surface area contributed by atoms with Crippen LogP contribution in [0.25, 0.3) is 10.9 Å². The summed E-state index contributed by atoms with van der Waals surface area (Å²) in [5.74, 6) is 0.231. The zero-order chi connectivity index (χ0) is 22.2. The number of aromatic nitrogens is 1. The first-order valence-corrected chi connectivity index (χ1v) is 10.9. The Balaban J connectivity index is 1.54. The molecule has 1 saturated heterocycles. The maximum absolute atomic E-state index is 13.9. The van der Waals surface area contributed by atoms with Crippen LogP contribution in [0.4, 0.5) is 4.39 Å². The summed E-state index contributed by atoms with van der Waals surface area (Å²) in [6, 6.07) is 16.2. The number of alkyl halides is 1. The van der Waals surface area contributed by atoms with Crippen LogP contribution in [0.3, 0.4) is 0 Å². The molecule has 0 saturated carbocycles. The van der Waals surface area contributed by atoms with Crippen molar-refractivity contribution in [3.05, 3.63) is 70.9 Å². The third kappa shape index (κ3) is 4.67. The highest BCUT2D eigenvalue weighted by atomic mass is 19.1. The number of esters is 1. The lowest BCUT2D eigenvalue weighted by molar-refractivity contribution is 0.0339. The second kappa shape index (κ2) is 8.46. The molecule has 0 atom stereocenters. The molecule has 1 aliphatic rings. The van der Waals surface area contributed by atoms with Crippen LogP contribution in [-0.2, 0) is 17.7 Å². The number of likely N-dealkylation sites (tertiary alicyclic amines) is 1. The molecule has 0 unspecified atom stereocenters. The predicted molar refractivity (Wildman–Crippen MR) is 122 cm³/mol. The number of methoxy groups -OCH3 is 1. The molecule has 1 aliphatic heterocycles. The van der Waals surface area contributed by atoms with Crippen molar-refractivity contribution in [2.75, 3.05) is 26.7 Å². The minimum atomic E-state index is -1.14. The van der Waals surface area contributed by atoms with E-state index in [1.165, 1.54) is 34.8 Å². The first kappa shape index (κ1) is 21.6. The van der Waals surface area contributed by atoms with Crippen molar-refractivity contribution in [2.45, 2.75) is 39.4 Å². The van der Waals surface area contributed by atoms with Gasteiger partial charge in [0.2, 0.25) is 0 Å². The maximum atomic E-state index is 13.9. The summed E-state index contributed by atoms with van der Waals surface area (Å²) < 4.78 is 21.1. The van der Waals surface area contributed by atoms with Gasteiger partial charge in [-0.2, -0.15) is 0 Å². The van der Waals surface area contributed by atoms with Crippen molar-refractivity contribution in [3.63, 3.8) is 0 Å². The van der Waals surface area contributed by atoms with Crippen LogP contribution in [0.15, 0.2) is 48.5 Å². The van der Waals surface area contributed by atoms with Gasteiger partial charge in [-0.1, -0.05) is 30.3 Å². The van der Waals surface area contributed by atoms with Gasteiger partial charge in [-0.15, -0.1) is 0 Å². The van der Waals surface area contributed by atoms with E-state index >= 15 is 0 Å². The monoisotopic (exact) mass is 422 g/mol. The second-order valence-electron chi connectivity index (χ2n) is 9.34. The fourth-order valence-corrected chi connectivity index (χ4v) is 4.75. The molecule has 1 aromatic heterocycles. The molecule has 5 heteroatoms. The highest BCUT2D eigenvalue weighted by molar-refractivity contribution is 5.89. The fourth-order valence-electron chi connectivity index (χ4n) is 4.75. The van der Waals surface area contributed by atoms with Crippen LogP contribution in [0, 0.1) is 12.8 Å². The fraction of sp³-hybridized carbons (Fsp3) is 0.423. The van der Waals surface area contributed by atoms with Gasteiger partial charge in [0.05, 0.1) is 12.7 Å². The Hall–Kier alpha value is -2.66. The molecule has 2 heterocycles. The summed E-state index contributed by atoms with van der Waals surface area (Å²) >= 11 is 0. The standard InChI is InChI=1S/C26H31FN2O2/c1-18-23(13-19-9-11-21(12-10-19)25(30)31-4)22-7-5-6-8-24(22)29(18)16-20-14-28(15-20)17-26(2,3)27/h5-12,20H,13-17H2,1-4H3. The van der Waals surface area contributed by atoms with Gasteiger partial charge in [0, 0.05) is 48.7 Å². The Morgan fingerprint density at radius 1 is 1.13 bits per heavy atom. The van der Waals surface area contributed by atoms with Crippen molar-refractivity contribution in [3.8, 4) is 0 Å². The van der Waals surface area contributed by atoms with Crippen LogP contribution in [0.1, 0.15) is 41.0 Å². The van der Waals surface area contributed by atoms with Crippen molar-refractivity contribution in [1.29, 1.82) is 0 Å². The third-order valence-corrected chi connectivity index (χ3v) is 6.19. The van der Waals surface area contributed by atoms with Gasteiger partial charge in [-0.05, 0) is 56.5 Å². The Morgan fingerprint density at radius 2 is 1.81 bits per heavy atom. The highest BCUT2D eigenvalue weighted by Crippen LogP contribution is 2.31. The number of benzene rings is 2. The molecule has 3 aromatic rings. The Labute approximate surface area is 183 Å². The van der Waals surface area contributed by atoms with Gasteiger partial charge in [-0.3, -0.25) is 4.90 Å². The van der Waals surface area contributed by atoms with E-state index in [4.69, 9.17) is 4.74 Å². The molecule has 0 radical (unpaired) electrons. The number of halogens is 1. The van der Waals surface area contributed by atoms with Gasteiger partial charge in [0.1, 0.15) is 5.67 Å². The molecule has 4 rings (SSSR count). The molecule has 0 aliphatic carbocycles. The van der Waals surface area contributed by atoms with E-state index in [9.17, 15) is 9.18 Å². The van der Waals surface area contributed by atoms with E-state index < -0.39 is 5.67 Å². The van der Waals surface area contributed by atoms with Crippen LogP contribution >= 0.6 is 0 Å². The molecule has 4 nitrogen and oxygen atoms in total. The molecule has 164 valence electrons. The van der Waals surface area contributed by atoms with Gasteiger partial charge < -0.3 is 9.30 Å². The number of rotatable bonds is 7. The highest BCUT2D eigenvalue weighted by Gasteiger charge is 2.32. The topological polar surface area (TPSA) is 34.5 Å². The molecular formula is C26H31FN2O2. The number of hydrogen-bond acceptors (Lipinski definition) is 3. The predicted octanol–water partition coefficient (Wildman–Crippen LogP) is 5.01.